The summed E-state index contributed by atoms with van der Waals surface area (Å²) >= 11 is 0. The number of nitrogens with zero attached hydrogens (tertiary/aromatic N) is 1. The minimum atomic E-state index is -1.09. The number of carbonyl (C=O) groups is 2. The standard InChI is InChI=1S/C15H21F2N3O2/c1-3-20(4-2)10-6-9-18-14(21)15(22)19-13-11(16)7-5-8-12(13)17/h5,7-8H,3-4,6,9-10H2,1-2H3,(H,18,21)(H,19,22). The maximum atomic E-state index is 13.4. The summed E-state index contributed by atoms with van der Waals surface area (Å²) in [6.45, 7) is 7.03. The van der Waals surface area contributed by atoms with Crippen molar-refractivity contribution in [2.45, 2.75) is 20.3 Å². The zero-order chi connectivity index (χ0) is 16.5. The maximum absolute atomic E-state index is 13.4. The lowest BCUT2D eigenvalue weighted by Crippen LogP contribution is -2.37. The predicted octanol–water partition coefficient (Wildman–Crippen LogP) is 1.75. The van der Waals surface area contributed by atoms with Crippen LogP contribution < -0.4 is 10.6 Å². The van der Waals surface area contributed by atoms with Gasteiger partial charge in [0, 0.05) is 6.54 Å². The minimum absolute atomic E-state index is 0.322. The van der Waals surface area contributed by atoms with E-state index in [-0.39, 0.29) is 0 Å². The van der Waals surface area contributed by atoms with Crippen LogP contribution in [0.2, 0.25) is 0 Å². The molecule has 1 aromatic carbocycles. The average Bonchev–Trinajstić information content (AvgIpc) is 2.50. The van der Waals surface area contributed by atoms with Gasteiger partial charge in [-0.2, -0.15) is 0 Å². The first-order chi connectivity index (χ1) is 10.5. The van der Waals surface area contributed by atoms with Gasteiger partial charge in [-0.05, 0) is 38.2 Å². The smallest absolute Gasteiger partial charge is 0.313 e. The zero-order valence-corrected chi connectivity index (χ0v) is 12.8. The van der Waals surface area contributed by atoms with Crippen molar-refractivity contribution in [3.8, 4) is 0 Å². The molecule has 1 rings (SSSR count). The molecule has 0 aliphatic heterocycles. The van der Waals surface area contributed by atoms with Gasteiger partial charge in [0.05, 0.1) is 0 Å². The number of carbonyl (C=O) groups excluding carboxylic acids is 2. The van der Waals surface area contributed by atoms with Gasteiger partial charge in [0.2, 0.25) is 0 Å². The van der Waals surface area contributed by atoms with E-state index in [4.69, 9.17) is 0 Å². The quantitative estimate of drug-likeness (QED) is 0.595. The topological polar surface area (TPSA) is 61.4 Å². The van der Waals surface area contributed by atoms with Gasteiger partial charge in [-0.15, -0.1) is 0 Å². The third-order valence-electron chi connectivity index (χ3n) is 3.24. The molecule has 1 aromatic rings. The van der Waals surface area contributed by atoms with Gasteiger partial charge < -0.3 is 15.5 Å². The van der Waals surface area contributed by atoms with E-state index in [0.29, 0.717) is 13.0 Å². The van der Waals surface area contributed by atoms with E-state index < -0.39 is 29.1 Å². The van der Waals surface area contributed by atoms with Crippen LogP contribution in [0.5, 0.6) is 0 Å². The summed E-state index contributed by atoms with van der Waals surface area (Å²) in [4.78, 5) is 25.3. The molecule has 2 N–H and O–H groups in total. The first-order valence-electron chi connectivity index (χ1n) is 7.25. The fraction of sp³-hybridized carbons (Fsp3) is 0.467. The highest BCUT2D eigenvalue weighted by atomic mass is 19.1. The minimum Gasteiger partial charge on any atom is -0.348 e. The summed E-state index contributed by atoms with van der Waals surface area (Å²) in [5.41, 5.74) is -0.620. The second kappa shape index (κ2) is 9.09. The van der Waals surface area contributed by atoms with Gasteiger partial charge in [0.15, 0.2) is 0 Å². The Bertz CT molecular complexity index is 499. The monoisotopic (exact) mass is 313 g/mol. The molecule has 0 atom stereocenters. The molecule has 0 spiro atoms. The molecule has 122 valence electrons. The number of amides is 2. The molecule has 0 saturated carbocycles. The summed E-state index contributed by atoms with van der Waals surface area (Å²) in [7, 11) is 0. The van der Waals surface area contributed by atoms with Gasteiger partial charge in [-0.1, -0.05) is 19.9 Å². The van der Waals surface area contributed by atoms with Crippen molar-refractivity contribution in [3.05, 3.63) is 29.8 Å². The van der Waals surface area contributed by atoms with Crippen molar-refractivity contribution >= 4 is 17.5 Å². The van der Waals surface area contributed by atoms with Crippen molar-refractivity contribution in [2.75, 3.05) is 31.5 Å². The zero-order valence-electron chi connectivity index (χ0n) is 12.8. The number of hydrogen-bond donors (Lipinski definition) is 2. The molecule has 0 aromatic heterocycles. The molecule has 0 unspecified atom stereocenters. The Morgan fingerprint density at radius 3 is 2.23 bits per heavy atom. The Morgan fingerprint density at radius 1 is 1.09 bits per heavy atom. The number of halogens is 2. The summed E-state index contributed by atoms with van der Waals surface area (Å²) in [6, 6.07) is 3.18. The number of benzene rings is 1. The number of para-hydroxylation sites is 1. The highest BCUT2D eigenvalue weighted by molar-refractivity contribution is 6.39. The highest BCUT2D eigenvalue weighted by Gasteiger charge is 2.17. The Kier molecular flexibility index (Phi) is 7.45. The molecule has 0 radical (unpaired) electrons. The van der Waals surface area contributed by atoms with Crippen molar-refractivity contribution in [1.29, 1.82) is 0 Å². The normalized spacial score (nSPS) is 10.6. The first kappa shape index (κ1) is 18.0. The van der Waals surface area contributed by atoms with Gasteiger partial charge in [0.1, 0.15) is 17.3 Å². The van der Waals surface area contributed by atoms with Gasteiger partial charge in [0.25, 0.3) is 0 Å². The van der Waals surface area contributed by atoms with E-state index in [1.54, 1.807) is 0 Å². The Morgan fingerprint density at radius 2 is 1.68 bits per heavy atom. The van der Waals surface area contributed by atoms with Crippen LogP contribution in [-0.4, -0.2) is 42.9 Å². The molecule has 22 heavy (non-hydrogen) atoms. The summed E-state index contributed by atoms with van der Waals surface area (Å²) in [5.74, 6) is -3.86. The molecular formula is C15H21F2N3O2. The van der Waals surface area contributed by atoms with Crippen molar-refractivity contribution in [1.82, 2.24) is 10.2 Å². The van der Waals surface area contributed by atoms with Crippen LogP contribution in [-0.2, 0) is 9.59 Å². The van der Waals surface area contributed by atoms with E-state index >= 15 is 0 Å². The molecule has 0 aliphatic carbocycles. The molecule has 0 bridgehead atoms. The van der Waals surface area contributed by atoms with Crippen LogP contribution in [0.15, 0.2) is 18.2 Å². The first-order valence-corrected chi connectivity index (χ1v) is 7.25. The second-order valence-electron chi connectivity index (χ2n) is 4.69. The lowest BCUT2D eigenvalue weighted by atomic mass is 10.3. The van der Waals surface area contributed by atoms with E-state index in [1.165, 1.54) is 6.07 Å². The van der Waals surface area contributed by atoms with Crippen LogP contribution in [0.1, 0.15) is 20.3 Å². The van der Waals surface area contributed by atoms with E-state index in [2.05, 4.69) is 10.2 Å². The van der Waals surface area contributed by atoms with E-state index in [0.717, 1.165) is 31.8 Å². The largest absolute Gasteiger partial charge is 0.348 e. The molecule has 7 heteroatoms. The number of anilines is 1. The number of hydrogen-bond acceptors (Lipinski definition) is 3. The van der Waals surface area contributed by atoms with Crippen molar-refractivity contribution in [3.63, 3.8) is 0 Å². The lowest BCUT2D eigenvalue weighted by Gasteiger charge is -2.17. The van der Waals surface area contributed by atoms with Crippen molar-refractivity contribution < 1.29 is 18.4 Å². The van der Waals surface area contributed by atoms with E-state index in [9.17, 15) is 18.4 Å². The molecule has 0 saturated heterocycles. The van der Waals surface area contributed by atoms with Gasteiger partial charge in [-0.3, -0.25) is 9.59 Å². The maximum Gasteiger partial charge on any atom is 0.313 e. The van der Waals surface area contributed by atoms with Crippen LogP contribution >= 0.6 is 0 Å². The second-order valence-corrected chi connectivity index (χ2v) is 4.69. The molecule has 0 fully saturated rings. The third kappa shape index (κ3) is 5.40. The van der Waals surface area contributed by atoms with Gasteiger partial charge >= 0.3 is 11.8 Å². The highest BCUT2D eigenvalue weighted by Crippen LogP contribution is 2.17. The van der Waals surface area contributed by atoms with Crippen LogP contribution in [0.25, 0.3) is 0 Å². The van der Waals surface area contributed by atoms with Gasteiger partial charge in [-0.25, -0.2) is 8.78 Å². The Hall–Kier alpha value is -2.02. The van der Waals surface area contributed by atoms with Crippen LogP contribution in [0.3, 0.4) is 0 Å². The fourth-order valence-corrected chi connectivity index (χ4v) is 1.91. The Labute approximate surface area is 128 Å². The number of rotatable bonds is 7. The van der Waals surface area contributed by atoms with E-state index in [1.807, 2.05) is 19.2 Å². The predicted molar refractivity (Wildman–Crippen MR) is 80.4 cm³/mol. The average molecular weight is 313 g/mol. The fourth-order valence-electron chi connectivity index (χ4n) is 1.91. The van der Waals surface area contributed by atoms with Crippen LogP contribution in [0.4, 0.5) is 14.5 Å². The third-order valence-corrected chi connectivity index (χ3v) is 3.24. The summed E-state index contributed by atoms with van der Waals surface area (Å²) < 4.78 is 26.7. The molecule has 0 heterocycles. The number of nitrogens with one attached hydrogen (secondary N) is 2. The van der Waals surface area contributed by atoms with Crippen molar-refractivity contribution in [2.24, 2.45) is 0 Å². The molecular weight excluding hydrogens is 292 g/mol. The molecule has 5 nitrogen and oxygen atoms in total. The SMILES string of the molecule is CCN(CC)CCCNC(=O)C(=O)Nc1c(F)cccc1F. The van der Waals surface area contributed by atoms with Crippen LogP contribution in [0, 0.1) is 11.6 Å². The summed E-state index contributed by atoms with van der Waals surface area (Å²) in [5, 5.41) is 4.36. The summed E-state index contributed by atoms with van der Waals surface area (Å²) in [6.07, 6.45) is 0.689. The lowest BCUT2D eigenvalue weighted by molar-refractivity contribution is -0.136. The molecule has 0 aliphatic rings. The Balaban J connectivity index is 2.41. The molecule has 2 amide bonds.